The largest absolute Gasteiger partial charge is 0.456 e. The molecule has 328 valence electrons. The standard InChI is InChI=1S/C67H43NOS/c1-4-17-44(18-5-1)46-33-36-49(37-34-46)67(58-28-12-10-25-54(58)55-26-11-13-29-59(55)67)50-23-14-24-51(42-50)68(52-38-40-63-57(43-52)65-53(27-15-32-64(65)70-63)47-21-8-3-9-22-47)60-30-16-31-62-66(60)56-41-48(35-39-61(56)69-62)45-19-6-2-7-20-45/h1-43H. The average Bonchev–Trinajstić information content (AvgIpc) is 4.10. The molecule has 2 heterocycles. The topological polar surface area (TPSA) is 16.4 Å². The third-order valence-corrected chi connectivity index (χ3v) is 15.7. The van der Waals surface area contributed by atoms with Gasteiger partial charge in [-0.25, -0.2) is 0 Å². The lowest BCUT2D eigenvalue weighted by atomic mass is 9.67. The van der Waals surface area contributed by atoms with Gasteiger partial charge >= 0.3 is 0 Å². The maximum Gasteiger partial charge on any atom is 0.137 e. The van der Waals surface area contributed by atoms with Gasteiger partial charge in [-0.2, -0.15) is 0 Å². The van der Waals surface area contributed by atoms with Gasteiger partial charge in [0.15, 0.2) is 0 Å². The van der Waals surface area contributed by atoms with E-state index in [1.165, 1.54) is 81.4 Å². The van der Waals surface area contributed by atoms with Gasteiger partial charge in [-0.3, -0.25) is 0 Å². The molecule has 2 aromatic heterocycles. The van der Waals surface area contributed by atoms with Gasteiger partial charge in [0, 0.05) is 36.9 Å². The Hall–Kier alpha value is -8.76. The highest BCUT2D eigenvalue weighted by atomic mass is 32.1. The van der Waals surface area contributed by atoms with Crippen molar-refractivity contribution >= 4 is 70.5 Å². The number of hydrogen-bond acceptors (Lipinski definition) is 3. The molecule has 0 aliphatic heterocycles. The molecular formula is C67H43NOS. The normalized spacial score (nSPS) is 12.7. The van der Waals surface area contributed by atoms with Crippen molar-refractivity contribution in [3.63, 3.8) is 0 Å². The van der Waals surface area contributed by atoms with Gasteiger partial charge in [0.25, 0.3) is 0 Å². The molecule has 0 amide bonds. The minimum atomic E-state index is -0.610. The number of hydrogen-bond donors (Lipinski definition) is 0. The Bertz CT molecular complexity index is 4070. The van der Waals surface area contributed by atoms with E-state index in [0.29, 0.717) is 0 Å². The van der Waals surface area contributed by atoms with Gasteiger partial charge in [-0.1, -0.05) is 200 Å². The van der Waals surface area contributed by atoms with Crippen LogP contribution >= 0.6 is 11.3 Å². The number of fused-ring (bicyclic) bond motifs is 9. The third kappa shape index (κ3) is 6.25. The van der Waals surface area contributed by atoms with Crippen LogP contribution in [0.5, 0.6) is 0 Å². The molecule has 0 spiro atoms. The first-order chi connectivity index (χ1) is 34.7. The van der Waals surface area contributed by atoms with Crippen molar-refractivity contribution in [3.8, 4) is 44.5 Å². The summed E-state index contributed by atoms with van der Waals surface area (Å²) in [6, 6.07) is 95.7. The summed E-state index contributed by atoms with van der Waals surface area (Å²) in [6.07, 6.45) is 0. The molecule has 0 atom stereocenters. The first-order valence-corrected chi connectivity index (χ1v) is 24.8. The van der Waals surface area contributed by atoms with E-state index in [1.807, 2.05) is 11.3 Å². The quantitative estimate of drug-likeness (QED) is 0.151. The van der Waals surface area contributed by atoms with Gasteiger partial charge in [0.2, 0.25) is 0 Å². The van der Waals surface area contributed by atoms with E-state index in [2.05, 4.69) is 266 Å². The lowest BCUT2D eigenvalue weighted by Crippen LogP contribution is -2.29. The van der Waals surface area contributed by atoms with E-state index in [9.17, 15) is 0 Å². The van der Waals surface area contributed by atoms with Crippen molar-refractivity contribution in [1.29, 1.82) is 0 Å². The van der Waals surface area contributed by atoms with Crippen LogP contribution in [-0.2, 0) is 5.41 Å². The van der Waals surface area contributed by atoms with Crippen molar-refractivity contribution < 1.29 is 4.42 Å². The summed E-state index contributed by atoms with van der Waals surface area (Å²) in [5.41, 5.74) is 19.0. The van der Waals surface area contributed by atoms with Gasteiger partial charge in [0.1, 0.15) is 11.2 Å². The number of furan rings is 1. The Morgan fingerprint density at radius 1 is 0.329 bits per heavy atom. The van der Waals surface area contributed by atoms with E-state index in [4.69, 9.17) is 4.42 Å². The summed E-state index contributed by atoms with van der Waals surface area (Å²) in [4.78, 5) is 2.48. The van der Waals surface area contributed by atoms with Gasteiger partial charge in [0.05, 0.1) is 16.5 Å². The summed E-state index contributed by atoms with van der Waals surface area (Å²) in [5.74, 6) is 0. The van der Waals surface area contributed by atoms with E-state index < -0.39 is 5.41 Å². The fraction of sp³-hybridized carbons (Fsp3) is 0.0149. The van der Waals surface area contributed by atoms with Crippen LogP contribution in [0.2, 0.25) is 0 Å². The van der Waals surface area contributed by atoms with Gasteiger partial charge < -0.3 is 9.32 Å². The molecule has 13 aromatic rings. The van der Waals surface area contributed by atoms with Crippen LogP contribution in [0.3, 0.4) is 0 Å². The van der Waals surface area contributed by atoms with Crippen LogP contribution in [0.1, 0.15) is 22.3 Å². The molecule has 1 aliphatic carbocycles. The van der Waals surface area contributed by atoms with Crippen LogP contribution in [-0.4, -0.2) is 0 Å². The van der Waals surface area contributed by atoms with E-state index >= 15 is 0 Å². The Morgan fingerprint density at radius 2 is 0.914 bits per heavy atom. The molecular weight excluding hydrogens is 867 g/mol. The van der Waals surface area contributed by atoms with E-state index in [0.717, 1.165) is 44.6 Å². The predicted octanol–water partition coefficient (Wildman–Crippen LogP) is 18.8. The minimum absolute atomic E-state index is 0.610. The fourth-order valence-corrected chi connectivity index (χ4v) is 12.6. The van der Waals surface area contributed by atoms with Crippen molar-refractivity contribution in [2.45, 2.75) is 5.41 Å². The predicted molar refractivity (Wildman–Crippen MR) is 295 cm³/mol. The maximum atomic E-state index is 6.76. The molecule has 3 heteroatoms. The second-order valence-electron chi connectivity index (χ2n) is 18.3. The molecule has 14 rings (SSSR count). The molecule has 1 aliphatic rings. The second kappa shape index (κ2) is 16.2. The number of benzene rings is 11. The molecule has 70 heavy (non-hydrogen) atoms. The summed E-state index contributed by atoms with van der Waals surface area (Å²) in [6.45, 7) is 0. The van der Waals surface area contributed by atoms with Crippen LogP contribution in [0.4, 0.5) is 17.1 Å². The zero-order valence-electron chi connectivity index (χ0n) is 38.1. The van der Waals surface area contributed by atoms with Crippen LogP contribution in [0, 0.1) is 0 Å². The third-order valence-electron chi connectivity index (χ3n) is 14.6. The first kappa shape index (κ1) is 40.3. The SMILES string of the molecule is c1ccc(-c2ccc(C3(c4cccc(N(c5ccc6sc7cccc(-c8ccccc8)c7c6c5)c5cccc6oc7ccc(-c8ccccc8)cc7c56)c4)c4ccccc4-c4ccccc43)cc2)cc1. The molecule has 2 nitrogen and oxygen atoms in total. The summed E-state index contributed by atoms with van der Waals surface area (Å²) < 4.78 is 9.29. The number of nitrogens with zero attached hydrogens (tertiary/aromatic N) is 1. The highest BCUT2D eigenvalue weighted by Crippen LogP contribution is 2.57. The number of thiophene rings is 1. The van der Waals surface area contributed by atoms with E-state index in [1.54, 1.807) is 0 Å². The lowest BCUT2D eigenvalue weighted by Gasteiger charge is -2.35. The molecule has 0 N–H and O–H groups in total. The zero-order chi connectivity index (χ0) is 46.2. The molecule has 0 radical (unpaired) electrons. The molecule has 0 saturated carbocycles. The lowest BCUT2D eigenvalue weighted by molar-refractivity contribution is 0.669. The van der Waals surface area contributed by atoms with Crippen molar-refractivity contribution in [2.24, 2.45) is 0 Å². The summed E-state index contributed by atoms with van der Waals surface area (Å²) in [5, 5.41) is 4.67. The first-order valence-electron chi connectivity index (χ1n) is 24.0. The van der Waals surface area contributed by atoms with Crippen molar-refractivity contribution in [3.05, 3.63) is 283 Å². The fourth-order valence-electron chi connectivity index (χ4n) is 11.5. The Morgan fingerprint density at radius 3 is 1.64 bits per heavy atom. The Kier molecular flexibility index (Phi) is 9.33. The monoisotopic (exact) mass is 909 g/mol. The van der Waals surface area contributed by atoms with Gasteiger partial charge in [-0.15, -0.1) is 11.3 Å². The Labute approximate surface area is 410 Å². The van der Waals surface area contributed by atoms with Gasteiger partial charge in [-0.05, 0) is 127 Å². The molecule has 11 aromatic carbocycles. The number of rotatable bonds is 8. The molecule has 0 fully saturated rings. The van der Waals surface area contributed by atoms with Crippen molar-refractivity contribution in [2.75, 3.05) is 4.90 Å². The maximum absolute atomic E-state index is 6.76. The summed E-state index contributed by atoms with van der Waals surface area (Å²) in [7, 11) is 0. The van der Waals surface area contributed by atoms with E-state index in [-0.39, 0.29) is 0 Å². The Balaban J connectivity index is 1.04. The average molecular weight is 910 g/mol. The second-order valence-corrected chi connectivity index (χ2v) is 19.4. The van der Waals surface area contributed by atoms with Crippen LogP contribution < -0.4 is 4.90 Å². The zero-order valence-corrected chi connectivity index (χ0v) is 38.9. The van der Waals surface area contributed by atoms with Crippen molar-refractivity contribution in [1.82, 2.24) is 0 Å². The highest BCUT2D eigenvalue weighted by molar-refractivity contribution is 7.26. The minimum Gasteiger partial charge on any atom is -0.456 e. The van der Waals surface area contributed by atoms with Crippen LogP contribution in [0.15, 0.2) is 265 Å². The number of anilines is 3. The highest BCUT2D eigenvalue weighted by Gasteiger charge is 2.46. The molecule has 0 bridgehead atoms. The molecule has 0 unspecified atom stereocenters. The van der Waals surface area contributed by atoms with Crippen LogP contribution in [0.25, 0.3) is 86.6 Å². The smallest absolute Gasteiger partial charge is 0.137 e. The molecule has 0 saturated heterocycles. The summed E-state index contributed by atoms with van der Waals surface area (Å²) >= 11 is 1.86.